The molecule has 0 bridgehead atoms. The van der Waals surface area contributed by atoms with Crippen molar-refractivity contribution in [2.75, 3.05) is 53.0 Å². The Kier molecular flexibility index (Phi) is 11.1. The molecule has 3 rings (SSSR count). The zero-order valence-electron chi connectivity index (χ0n) is 20.8. The zero-order chi connectivity index (χ0) is 25.9. The van der Waals surface area contributed by atoms with Crippen molar-refractivity contribution in [3.8, 4) is 0 Å². The Balaban J connectivity index is 1.66. The van der Waals surface area contributed by atoms with Crippen LogP contribution in [0.1, 0.15) is 43.8 Å². The number of carbonyl (C=O) groups excluding carboxylic acids is 1. The van der Waals surface area contributed by atoms with Crippen LogP contribution in [0, 0.1) is 23.5 Å². The lowest BCUT2D eigenvalue weighted by atomic mass is 9.88. The molecule has 2 saturated heterocycles. The van der Waals surface area contributed by atoms with E-state index in [1.165, 1.54) is 0 Å². The van der Waals surface area contributed by atoms with Crippen LogP contribution in [0.2, 0.25) is 0 Å². The fraction of sp³-hybridized carbons (Fsp3) is 0.680. The monoisotopic (exact) mass is 512 g/mol. The Labute approximate surface area is 210 Å². The number of halogens is 2. The van der Waals surface area contributed by atoms with Gasteiger partial charge >= 0.3 is 12.1 Å². The quantitative estimate of drug-likeness (QED) is 0.339. The molecule has 3 amide bonds. The fourth-order valence-corrected chi connectivity index (χ4v) is 5.09. The highest BCUT2D eigenvalue weighted by molar-refractivity contribution is 5.74. The summed E-state index contributed by atoms with van der Waals surface area (Å²) in [4.78, 5) is 25.7. The number of hydrogen-bond donors (Lipinski definition) is 4. The molecular weight excluding hydrogens is 474 g/mol. The molecule has 0 aromatic heterocycles. The number of piperidine rings is 1. The number of benzene rings is 1. The van der Waals surface area contributed by atoms with Crippen molar-refractivity contribution in [1.29, 1.82) is 0 Å². The molecule has 1 aromatic carbocycles. The number of ether oxygens (including phenoxy) is 2. The van der Waals surface area contributed by atoms with E-state index in [-0.39, 0.29) is 36.7 Å². The summed E-state index contributed by atoms with van der Waals surface area (Å²) >= 11 is 0. The van der Waals surface area contributed by atoms with Gasteiger partial charge in [-0.2, -0.15) is 0 Å². The van der Waals surface area contributed by atoms with E-state index in [2.05, 4.69) is 16.0 Å². The van der Waals surface area contributed by atoms with Crippen LogP contribution in [0.3, 0.4) is 0 Å². The van der Waals surface area contributed by atoms with Crippen molar-refractivity contribution in [3.05, 3.63) is 35.4 Å². The summed E-state index contributed by atoms with van der Waals surface area (Å²) in [7, 11) is 1.86. The second-order valence-electron chi connectivity index (χ2n) is 9.53. The SMILES string of the molecule is CNC[C@H](CC1CCOCC1)NC(=O)N1CCC[C@@H]([C@@H](OCCNC(=O)O)c2cc(F)ccc2F)C1. The predicted octanol–water partition coefficient (Wildman–Crippen LogP) is 3.12. The molecule has 2 fully saturated rings. The van der Waals surface area contributed by atoms with Crippen LogP contribution in [-0.4, -0.2) is 81.2 Å². The number of carboxylic acid groups (broad SMARTS) is 1. The van der Waals surface area contributed by atoms with Crippen molar-refractivity contribution in [3.63, 3.8) is 0 Å². The standard InChI is InChI=1S/C25H38F2N4O5/c1-28-15-20(13-17-6-10-35-11-7-17)30-24(32)31-9-2-3-18(16-31)23(36-12-8-29-25(33)34)21-14-19(26)4-5-22(21)27/h4-5,14,17-18,20,23,28-29H,2-3,6-13,15-16H2,1H3,(H,30,32)(H,33,34)/t18-,20+,23-/m1/s1. The molecular formula is C25H38F2N4O5. The van der Waals surface area contributed by atoms with Crippen molar-refractivity contribution in [2.45, 2.75) is 44.2 Å². The molecule has 2 aliphatic rings. The lowest BCUT2D eigenvalue weighted by molar-refractivity contribution is -0.0107. The lowest BCUT2D eigenvalue weighted by Gasteiger charge is -2.38. The molecule has 0 spiro atoms. The number of likely N-dealkylation sites (tertiary alicyclic amines) is 1. The minimum absolute atomic E-state index is 0.00897. The van der Waals surface area contributed by atoms with Crippen molar-refractivity contribution in [2.24, 2.45) is 11.8 Å². The van der Waals surface area contributed by atoms with Crippen LogP contribution >= 0.6 is 0 Å². The maximum atomic E-state index is 14.7. The van der Waals surface area contributed by atoms with Gasteiger partial charge in [0.25, 0.3) is 0 Å². The first-order valence-electron chi connectivity index (χ1n) is 12.7. The number of urea groups is 1. The van der Waals surface area contributed by atoms with E-state index < -0.39 is 23.8 Å². The van der Waals surface area contributed by atoms with Crippen LogP contribution < -0.4 is 16.0 Å². The Morgan fingerprint density at radius 3 is 2.75 bits per heavy atom. The summed E-state index contributed by atoms with van der Waals surface area (Å²) in [5.74, 6) is -0.958. The fourth-order valence-electron chi connectivity index (χ4n) is 5.09. The number of hydrogen-bond acceptors (Lipinski definition) is 5. The van der Waals surface area contributed by atoms with Gasteiger partial charge in [0.05, 0.1) is 12.7 Å². The molecule has 0 saturated carbocycles. The Bertz CT molecular complexity index is 856. The summed E-state index contributed by atoms with van der Waals surface area (Å²) in [5.41, 5.74) is 0.0742. The van der Waals surface area contributed by atoms with Gasteiger partial charge in [-0.15, -0.1) is 0 Å². The molecule has 0 aliphatic carbocycles. The highest BCUT2D eigenvalue weighted by Crippen LogP contribution is 2.34. The van der Waals surface area contributed by atoms with E-state index in [0.29, 0.717) is 38.4 Å². The topological polar surface area (TPSA) is 112 Å². The van der Waals surface area contributed by atoms with E-state index in [9.17, 15) is 18.4 Å². The van der Waals surface area contributed by atoms with Crippen LogP contribution in [-0.2, 0) is 9.47 Å². The number of nitrogens with one attached hydrogen (secondary N) is 3. The van der Waals surface area contributed by atoms with Crippen LogP contribution in [0.15, 0.2) is 18.2 Å². The molecule has 3 atom stereocenters. The third-order valence-electron chi connectivity index (χ3n) is 6.85. The maximum absolute atomic E-state index is 14.7. The predicted molar refractivity (Wildman–Crippen MR) is 130 cm³/mol. The minimum Gasteiger partial charge on any atom is -0.465 e. The number of nitrogens with zero attached hydrogens (tertiary/aromatic N) is 1. The summed E-state index contributed by atoms with van der Waals surface area (Å²) in [6, 6.07) is 3.00. The smallest absolute Gasteiger partial charge is 0.404 e. The van der Waals surface area contributed by atoms with Crippen molar-refractivity contribution >= 4 is 12.1 Å². The van der Waals surface area contributed by atoms with Gasteiger partial charge in [0.15, 0.2) is 0 Å². The van der Waals surface area contributed by atoms with E-state index in [0.717, 1.165) is 50.7 Å². The molecule has 0 unspecified atom stereocenters. The van der Waals surface area contributed by atoms with Gasteiger partial charge in [0, 0.05) is 56.9 Å². The molecule has 1 aromatic rings. The van der Waals surface area contributed by atoms with Gasteiger partial charge in [-0.25, -0.2) is 18.4 Å². The molecule has 2 heterocycles. The third kappa shape index (κ3) is 8.56. The molecule has 0 radical (unpaired) electrons. The first-order valence-corrected chi connectivity index (χ1v) is 12.7. The number of likely N-dealkylation sites (N-methyl/N-ethyl adjacent to an activating group) is 1. The van der Waals surface area contributed by atoms with E-state index >= 15 is 0 Å². The summed E-state index contributed by atoms with van der Waals surface area (Å²) in [5, 5.41) is 17.3. The molecule has 36 heavy (non-hydrogen) atoms. The van der Waals surface area contributed by atoms with Crippen LogP contribution in [0.5, 0.6) is 0 Å². The van der Waals surface area contributed by atoms with Gasteiger partial charge in [-0.3, -0.25) is 0 Å². The summed E-state index contributed by atoms with van der Waals surface area (Å²) < 4.78 is 40.0. The first-order chi connectivity index (χ1) is 17.4. The van der Waals surface area contributed by atoms with Crippen LogP contribution in [0.4, 0.5) is 18.4 Å². The number of amides is 3. The molecule has 202 valence electrons. The third-order valence-corrected chi connectivity index (χ3v) is 6.85. The maximum Gasteiger partial charge on any atom is 0.404 e. The van der Waals surface area contributed by atoms with Crippen molar-refractivity contribution < 1.29 is 33.0 Å². The van der Waals surface area contributed by atoms with Gasteiger partial charge in [0.2, 0.25) is 0 Å². The highest BCUT2D eigenvalue weighted by atomic mass is 19.1. The largest absolute Gasteiger partial charge is 0.465 e. The Morgan fingerprint density at radius 1 is 1.25 bits per heavy atom. The lowest BCUT2D eigenvalue weighted by Crippen LogP contribution is -2.52. The van der Waals surface area contributed by atoms with E-state index in [1.54, 1.807) is 4.90 Å². The van der Waals surface area contributed by atoms with E-state index in [4.69, 9.17) is 14.6 Å². The average Bonchev–Trinajstić information content (AvgIpc) is 2.86. The average molecular weight is 513 g/mol. The van der Waals surface area contributed by atoms with Gasteiger partial charge < -0.3 is 35.4 Å². The van der Waals surface area contributed by atoms with Gasteiger partial charge in [-0.05, 0) is 63.3 Å². The van der Waals surface area contributed by atoms with Crippen LogP contribution in [0.25, 0.3) is 0 Å². The van der Waals surface area contributed by atoms with E-state index in [1.807, 2.05) is 7.05 Å². The van der Waals surface area contributed by atoms with Gasteiger partial charge in [0.1, 0.15) is 11.6 Å². The number of rotatable bonds is 11. The highest BCUT2D eigenvalue weighted by Gasteiger charge is 2.33. The molecule has 2 aliphatic heterocycles. The molecule has 11 heteroatoms. The summed E-state index contributed by atoms with van der Waals surface area (Å²) in [6.07, 6.45) is 2.18. The Morgan fingerprint density at radius 2 is 2.03 bits per heavy atom. The zero-order valence-corrected chi connectivity index (χ0v) is 20.8. The second-order valence-corrected chi connectivity index (χ2v) is 9.53. The Hall–Kier alpha value is -2.50. The molecule has 4 N–H and O–H groups in total. The second kappa shape index (κ2) is 14.3. The normalized spacial score (nSPS) is 20.5. The minimum atomic E-state index is -1.19. The summed E-state index contributed by atoms with van der Waals surface area (Å²) in [6.45, 7) is 3.03. The number of carbonyl (C=O) groups is 2. The first kappa shape index (κ1) is 28.1. The molecule has 9 nitrogen and oxygen atoms in total. The van der Waals surface area contributed by atoms with Gasteiger partial charge in [-0.1, -0.05) is 0 Å². The van der Waals surface area contributed by atoms with Crippen molar-refractivity contribution in [1.82, 2.24) is 20.9 Å².